The van der Waals surface area contributed by atoms with E-state index in [0.717, 1.165) is 11.1 Å². The summed E-state index contributed by atoms with van der Waals surface area (Å²) in [6.45, 7) is 23.9. The van der Waals surface area contributed by atoms with Gasteiger partial charge >= 0.3 is 6.09 Å². The van der Waals surface area contributed by atoms with Crippen molar-refractivity contribution >= 4 is 24.4 Å². The quantitative estimate of drug-likeness (QED) is 0.0681. The number of hydrogen-bond donors (Lipinski definition) is 0. The molecule has 1 atom stereocenters. The predicted octanol–water partition coefficient (Wildman–Crippen LogP) is 7.52. The van der Waals surface area contributed by atoms with Crippen LogP contribution in [0.25, 0.3) is 0 Å². The van der Waals surface area contributed by atoms with E-state index in [2.05, 4.69) is 58.0 Å². The fraction of sp³-hybridized carbons (Fsp3) is 0.500. The van der Waals surface area contributed by atoms with Gasteiger partial charge in [0.25, 0.3) is 0 Å². The Balaban J connectivity index is 2.49. The van der Waals surface area contributed by atoms with Crippen LogP contribution in [-0.2, 0) is 30.5 Å². The van der Waals surface area contributed by atoms with Crippen molar-refractivity contribution in [2.24, 2.45) is 0 Å². The third kappa shape index (κ3) is 11.3. The maximum atomic E-state index is 14.1. The maximum Gasteiger partial charge on any atom is 0.416 e. The van der Waals surface area contributed by atoms with Crippen molar-refractivity contribution in [3.8, 4) is 11.8 Å². The van der Waals surface area contributed by atoms with Gasteiger partial charge in [-0.15, -0.1) is 0 Å². The molecule has 0 spiro atoms. The maximum absolute atomic E-state index is 14.1. The number of sulfonamides is 1. The van der Waals surface area contributed by atoms with Gasteiger partial charge in [-0.1, -0.05) is 93.0 Å². The molecule has 0 aliphatic rings. The lowest BCUT2D eigenvalue weighted by atomic mass is 10.2. The lowest BCUT2D eigenvalue weighted by molar-refractivity contribution is 0.0730. The van der Waals surface area contributed by atoms with Crippen LogP contribution in [0.5, 0.6) is 0 Å². The molecule has 46 heavy (non-hydrogen) atoms. The molecule has 0 N–H and O–H groups in total. The van der Waals surface area contributed by atoms with Gasteiger partial charge in [-0.3, -0.25) is 0 Å². The van der Waals surface area contributed by atoms with E-state index in [9.17, 15) is 13.2 Å². The van der Waals surface area contributed by atoms with E-state index in [-0.39, 0.29) is 47.5 Å². The largest absolute Gasteiger partial charge is 0.416 e. The highest BCUT2D eigenvalue weighted by Gasteiger charge is 2.42. The molecule has 1 unspecified atom stereocenters. The molecule has 252 valence electrons. The Morgan fingerprint density at radius 3 is 2.07 bits per heavy atom. The van der Waals surface area contributed by atoms with E-state index in [1.165, 1.54) is 4.31 Å². The van der Waals surface area contributed by atoms with Crippen LogP contribution < -0.4 is 0 Å². The van der Waals surface area contributed by atoms with E-state index >= 15 is 0 Å². The smallest absolute Gasteiger partial charge is 0.405 e. The molecule has 0 fully saturated rings. The Labute approximate surface area is 278 Å². The fourth-order valence-corrected chi connectivity index (χ4v) is 6.96. The second-order valence-electron chi connectivity index (χ2n) is 13.3. The monoisotopic (exact) mass is 668 g/mol. The second-order valence-corrected chi connectivity index (χ2v) is 20.0. The number of hydrogen-bond acceptors (Lipinski definition) is 6. The van der Waals surface area contributed by atoms with E-state index in [1.807, 2.05) is 65.0 Å². The number of amides is 1. The van der Waals surface area contributed by atoms with E-state index in [4.69, 9.17) is 13.9 Å². The highest BCUT2D eigenvalue weighted by molar-refractivity contribution is 7.89. The topological polar surface area (TPSA) is 85.4 Å². The van der Waals surface area contributed by atoms with E-state index < -0.39 is 30.5 Å². The summed E-state index contributed by atoms with van der Waals surface area (Å²) in [7, 11) is -6.57. The minimum absolute atomic E-state index is 0.0318. The summed E-state index contributed by atoms with van der Waals surface area (Å²) in [5.74, 6) is 5.94. The molecule has 2 aromatic carbocycles. The van der Waals surface area contributed by atoms with Crippen LogP contribution in [0.4, 0.5) is 4.79 Å². The number of ether oxygens (including phenoxy) is 2. The number of rotatable bonds is 14. The zero-order chi connectivity index (χ0) is 34.7. The van der Waals surface area contributed by atoms with E-state index in [0.29, 0.717) is 6.61 Å². The molecule has 0 aliphatic heterocycles. The zero-order valence-electron chi connectivity index (χ0n) is 29.2. The van der Waals surface area contributed by atoms with Crippen molar-refractivity contribution in [3.05, 3.63) is 83.8 Å². The van der Waals surface area contributed by atoms with Gasteiger partial charge in [0.1, 0.15) is 12.7 Å². The first-order valence-corrected chi connectivity index (χ1v) is 20.0. The standard InChI is InChI=1S/C36H52N2O6SSi/c1-12-33(43-35(39)38(28(2)3)29(4)5)34(44-46(10,11)36(7,8)9)26-37(45(40,41)32-22-20-30(6)21-23-32)24-16-17-25-42-27-31-18-14-13-15-19-31/h13-15,18-23,28-29,34H,1,24-27H2,2-11H3. The number of aryl methyl sites for hydroxylation is 1. The minimum Gasteiger partial charge on any atom is -0.405 e. The van der Waals surface area contributed by atoms with Gasteiger partial charge in [-0.25, -0.2) is 13.2 Å². The highest BCUT2D eigenvalue weighted by atomic mass is 32.2. The number of nitrogens with zero attached hydrogens (tertiary/aromatic N) is 2. The molecule has 0 radical (unpaired) electrons. The molecule has 0 heterocycles. The highest BCUT2D eigenvalue weighted by Crippen LogP contribution is 2.38. The molecule has 0 saturated heterocycles. The van der Waals surface area contributed by atoms with Crippen LogP contribution in [-0.4, -0.2) is 69.9 Å². The lowest BCUT2D eigenvalue weighted by Crippen LogP contribution is -2.49. The minimum atomic E-state index is -4.04. The molecule has 2 aromatic rings. The lowest BCUT2D eigenvalue weighted by Gasteiger charge is -2.40. The molecule has 2 rings (SSSR count). The first-order valence-electron chi connectivity index (χ1n) is 15.6. The average molecular weight is 669 g/mol. The van der Waals surface area contributed by atoms with Crippen LogP contribution in [0, 0.1) is 18.8 Å². The molecule has 0 aromatic heterocycles. The molecule has 10 heteroatoms. The second kappa shape index (κ2) is 17.1. The summed E-state index contributed by atoms with van der Waals surface area (Å²) in [5, 5.41) is -0.222. The Hall–Kier alpha value is -3.16. The Morgan fingerprint density at radius 1 is 0.957 bits per heavy atom. The molecule has 8 nitrogen and oxygen atoms in total. The Morgan fingerprint density at radius 2 is 1.54 bits per heavy atom. The van der Waals surface area contributed by atoms with Gasteiger partial charge in [0.05, 0.1) is 18.0 Å². The van der Waals surface area contributed by atoms with Crippen molar-refractivity contribution < 1.29 is 27.1 Å². The van der Waals surface area contributed by atoms with Crippen LogP contribution in [0.3, 0.4) is 0 Å². The Kier molecular flexibility index (Phi) is 14.5. The summed E-state index contributed by atoms with van der Waals surface area (Å²) in [6.07, 6.45) is -1.55. The van der Waals surface area contributed by atoms with Crippen molar-refractivity contribution in [1.82, 2.24) is 9.21 Å². The predicted molar refractivity (Wildman–Crippen MR) is 187 cm³/mol. The number of benzene rings is 2. The zero-order valence-corrected chi connectivity index (χ0v) is 31.0. The molecular weight excluding hydrogens is 617 g/mol. The summed E-state index contributed by atoms with van der Waals surface area (Å²) in [6, 6.07) is 16.1. The van der Waals surface area contributed by atoms with Crippen molar-refractivity contribution in [1.29, 1.82) is 0 Å². The van der Waals surface area contributed by atoms with Gasteiger partial charge in [0.15, 0.2) is 14.1 Å². The van der Waals surface area contributed by atoms with Crippen molar-refractivity contribution in [3.63, 3.8) is 0 Å². The van der Waals surface area contributed by atoms with Crippen molar-refractivity contribution in [2.45, 2.75) is 103 Å². The van der Waals surface area contributed by atoms with Gasteiger partial charge in [-0.2, -0.15) is 4.31 Å². The first kappa shape index (κ1) is 39.0. The molecule has 0 saturated carbocycles. The van der Waals surface area contributed by atoms with Gasteiger partial charge in [0.2, 0.25) is 10.0 Å². The summed E-state index contributed by atoms with van der Waals surface area (Å²) in [5.41, 5.74) is 4.71. The third-order valence-corrected chi connectivity index (χ3v) is 14.2. The van der Waals surface area contributed by atoms with Crippen LogP contribution in [0.15, 0.2) is 77.6 Å². The van der Waals surface area contributed by atoms with Gasteiger partial charge in [0, 0.05) is 18.6 Å². The molecular formula is C36H52N2O6SSi. The third-order valence-electron chi connectivity index (χ3n) is 7.92. The normalized spacial score (nSPS) is 12.8. The van der Waals surface area contributed by atoms with E-state index in [1.54, 1.807) is 29.2 Å². The number of carbonyl (C=O) groups is 1. The molecule has 0 bridgehead atoms. The van der Waals surface area contributed by atoms with Crippen LogP contribution in [0.2, 0.25) is 18.1 Å². The van der Waals surface area contributed by atoms with Crippen LogP contribution >= 0.6 is 0 Å². The van der Waals surface area contributed by atoms with Gasteiger partial charge < -0.3 is 18.8 Å². The van der Waals surface area contributed by atoms with Crippen molar-refractivity contribution in [2.75, 3.05) is 19.7 Å². The molecule has 0 aliphatic carbocycles. The first-order chi connectivity index (χ1) is 21.4. The summed E-state index contributed by atoms with van der Waals surface area (Å²) >= 11 is 0. The van der Waals surface area contributed by atoms with Gasteiger partial charge in [-0.05, 0) is 70.4 Å². The summed E-state index contributed by atoms with van der Waals surface area (Å²) < 4.78 is 47.8. The SMILES string of the molecule is C=C=C(OC(=O)N(C(C)C)C(C)C)C(CN(CC#CCOCc1ccccc1)S(=O)(=O)c1ccc(C)cc1)O[Si](C)(C)C(C)(C)C. The van der Waals surface area contributed by atoms with Crippen LogP contribution in [0.1, 0.15) is 59.6 Å². The average Bonchev–Trinajstić information content (AvgIpc) is 2.96. The Bertz CT molecular complexity index is 1490. The number of carbonyl (C=O) groups excluding carboxylic acids is 1. The fourth-order valence-electron chi connectivity index (χ4n) is 4.37. The molecule has 1 amide bonds. The summed E-state index contributed by atoms with van der Waals surface area (Å²) in [4.78, 5) is 15.1.